The number of ether oxygens (including phenoxy) is 1. The molecule has 1 aromatic heterocycles. The summed E-state index contributed by atoms with van der Waals surface area (Å²) in [6.45, 7) is 4.62. The van der Waals surface area contributed by atoms with Crippen LogP contribution in [0, 0.1) is 0 Å². The third-order valence-electron chi connectivity index (χ3n) is 6.78. The standard InChI is InChI=1S/C28H40BrN3O3/c1-3-9-27(33)31(18-8-19-35-2)22-28(34)32(25-10-5-4-6-11-25)21-26-12-7-17-30(26)20-23-13-15-24(29)16-14-23/h7,12-17,25H,3-6,8-11,18-22H2,1-2H3. The molecule has 1 saturated carbocycles. The fourth-order valence-corrected chi connectivity index (χ4v) is 5.10. The number of methoxy groups -OCH3 is 1. The maximum absolute atomic E-state index is 13.7. The number of carbonyl (C=O) groups is 2. The van der Waals surface area contributed by atoms with E-state index < -0.39 is 0 Å². The summed E-state index contributed by atoms with van der Waals surface area (Å²) in [5.41, 5.74) is 2.34. The Morgan fingerprint density at radius 1 is 1.09 bits per heavy atom. The van der Waals surface area contributed by atoms with Gasteiger partial charge in [-0.25, -0.2) is 0 Å². The number of aromatic nitrogens is 1. The van der Waals surface area contributed by atoms with E-state index in [1.165, 1.54) is 12.0 Å². The van der Waals surface area contributed by atoms with E-state index in [9.17, 15) is 9.59 Å². The minimum absolute atomic E-state index is 0.0511. The topological polar surface area (TPSA) is 54.8 Å². The first-order valence-corrected chi connectivity index (χ1v) is 13.8. The van der Waals surface area contributed by atoms with E-state index in [1.54, 1.807) is 12.0 Å². The molecule has 0 bridgehead atoms. The molecule has 0 spiro atoms. The molecule has 2 amide bonds. The summed E-state index contributed by atoms with van der Waals surface area (Å²) in [7, 11) is 1.66. The summed E-state index contributed by atoms with van der Waals surface area (Å²) in [4.78, 5) is 30.3. The predicted octanol–water partition coefficient (Wildman–Crippen LogP) is 5.63. The Hall–Kier alpha value is -2.12. The maximum atomic E-state index is 13.7. The van der Waals surface area contributed by atoms with Crippen molar-refractivity contribution in [3.63, 3.8) is 0 Å². The van der Waals surface area contributed by atoms with Crippen LogP contribution in [0.4, 0.5) is 0 Å². The predicted molar refractivity (Wildman–Crippen MR) is 143 cm³/mol. The molecule has 0 saturated heterocycles. The second kappa shape index (κ2) is 14.4. The molecule has 0 aliphatic heterocycles. The van der Waals surface area contributed by atoms with Gasteiger partial charge in [-0.3, -0.25) is 9.59 Å². The Balaban J connectivity index is 1.76. The minimum atomic E-state index is 0.0511. The Labute approximate surface area is 218 Å². The number of benzene rings is 1. The van der Waals surface area contributed by atoms with Crippen molar-refractivity contribution in [2.45, 2.75) is 77.4 Å². The van der Waals surface area contributed by atoms with Gasteiger partial charge >= 0.3 is 0 Å². The highest BCUT2D eigenvalue weighted by atomic mass is 79.9. The maximum Gasteiger partial charge on any atom is 0.242 e. The van der Waals surface area contributed by atoms with Crippen LogP contribution >= 0.6 is 15.9 Å². The van der Waals surface area contributed by atoms with Gasteiger partial charge in [-0.1, -0.05) is 54.2 Å². The molecule has 0 atom stereocenters. The monoisotopic (exact) mass is 545 g/mol. The first-order chi connectivity index (χ1) is 17.0. The highest BCUT2D eigenvalue weighted by molar-refractivity contribution is 9.10. The van der Waals surface area contributed by atoms with Crippen molar-refractivity contribution >= 4 is 27.7 Å². The Kier molecular flexibility index (Phi) is 11.3. The van der Waals surface area contributed by atoms with Gasteiger partial charge in [-0.15, -0.1) is 0 Å². The highest BCUT2D eigenvalue weighted by Crippen LogP contribution is 2.25. The summed E-state index contributed by atoms with van der Waals surface area (Å²) in [6, 6.07) is 12.8. The quantitative estimate of drug-likeness (QED) is 0.306. The number of hydrogen-bond donors (Lipinski definition) is 0. The van der Waals surface area contributed by atoms with Crippen molar-refractivity contribution in [3.8, 4) is 0 Å². The van der Waals surface area contributed by atoms with Crippen LogP contribution in [0.25, 0.3) is 0 Å². The van der Waals surface area contributed by atoms with E-state index in [0.29, 0.717) is 26.1 Å². The normalized spacial score (nSPS) is 14.1. The van der Waals surface area contributed by atoms with Crippen LogP contribution in [0.2, 0.25) is 0 Å². The van der Waals surface area contributed by atoms with Gasteiger partial charge in [0.2, 0.25) is 11.8 Å². The first kappa shape index (κ1) is 27.5. The molecule has 2 aromatic rings. The van der Waals surface area contributed by atoms with Crippen LogP contribution in [0.3, 0.4) is 0 Å². The molecule has 1 fully saturated rings. The van der Waals surface area contributed by atoms with Crippen LogP contribution in [0.1, 0.15) is 69.5 Å². The first-order valence-electron chi connectivity index (χ1n) is 13.0. The third-order valence-corrected chi connectivity index (χ3v) is 7.31. The molecule has 1 heterocycles. The van der Waals surface area contributed by atoms with Gasteiger partial charge in [0.15, 0.2) is 0 Å². The van der Waals surface area contributed by atoms with Gasteiger partial charge in [0.05, 0.1) is 13.1 Å². The van der Waals surface area contributed by atoms with Gasteiger partial charge in [-0.05, 0) is 55.5 Å². The van der Waals surface area contributed by atoms with Crippen LogP contribution in [0.15, 0.2) is 47.1 Å². The second-order valence-electron chi connectivity index (χ2n) is 9.48. The lowest BCUT2D eigenvalue weighted by Gasteiger charge is -2.36. The van der Waals surface area contributed by atoms with Crippen molar-refractivity contribution in [1.29, 1.82) is 0 Å². The zero-order valence-corrected chi connectivity index (χ0v) is 22.8. The van der Waals surface area contributed by atoms with E-state index in [-0.39, 0.29) is 24.4 Å². The summed E-state index contributed by atoms with van der Waals surface area (Å²) in [5.74, 6) is 0.106. The minimum Gasteiger partial charge on any atom is -0.385 e. The van der Waals surface area contributed by atoms with Crippen LogP contribution in [-0.4, -0.2) is 59.0 Å². The summed E-state index contributed by atoms with van der Waals surface area (Å²) in [6.07, 6.45) is 9.68. The number of hydrogen-bond acceptors (Lipinski definition) is 3. The summed E-state index contributed by atoms with van der Waals surface area (Å²) >= 11 is 3.50. The molecule has 7 heteroatoms. The lowest BCUT2D eigenvalue weighted by atomic mass is 9.94. The molecule has 0 N–H and O–H groups in total. The number of halogens is 1. The Morgan fingerprint density at radius 3 is 2.51 bits per heavy atom. The zero-order chi connectivity index (χ0) is 25.0. The molecule has 1 aliphatic rings. The molecule has 35 heavy (non-hydrogen) atoms. The zero-order valence-electron chi connectivity index (χ0n) is 21.3. The smallest absolute Gasteiger partial charge is 0.242 e. The van der Waals surface area contributed by atoms with E-state index in [2.05, 4.69) is 68.0 Å². The van der Waals surface area contributed by atoms with Gasteiger partial charge in [0.1, 0.15) is 0 Å². The van der Waals surface area contributed by atoms with Crippen LogP contribution in [-0.2, 0) is 27.4 Å². The largest absolute Gasteiger partial charge is 0.385 e. The van der Waals surface area contributed by atoms with E-state index in [1.807, 2.05) is 6.92 Å². The lowest BCUT2D eigenvalue weighted by Crippen LogP contribution is -2.47. The van der Waals surface area contributed by atoms with Gasteiger partial charge in [0.25, 0.3) is 0 Å². The Morgan fingerprint density at radius 2 is 1.83 bits per heavy atom. The second-order valence-corrected chi connectivity index (χ2v) is 10.4. The van der Waals surface area contributed by atoms with Crippen molar-refractivity contribution in [1.82, 2.24) is 14.4 Å². The van der Waals surface area contributed by atoms with Crippen molar-refractivity contribution in [2.75, 3.05) is 26.8 Å². The van der Waals surface area contributed by atoms with Crippen LogP contribution in [0.5, 0.6) is 0 Å². The summed E-state index contributed by atoms with van der Waals surface area (Å²) in [5, 5.41) is 0. The van der Waals surface area contributed by atoms with E-state index in [4.69, 9.17) is 4.74 Å². The third kappa shape index (κ3) is 8.50. The number of nitrogens with zero attached hydrogens (tertiary/aromatic N) is 3. The van der Waals surface area contributed by atoms with E-state index >= 15 is 0 Å². The fraction of sp³-hybridized carbons (Fsp3) is 0.571. The fourth-order valence-electron chi connectivity index (χ4n) is 4.84. The average Bonchev–Trinajstić information content (AvgIpc) is 3.30. The lowest BCUT2D eigenvalue weighted by molar-refractivity contribution is -0.143. The van der Waals surface area contributed by atoms with Gasteiger partial charge in [0, 0.05) is 55.6 Å². The molecular weight excluding hydrogens is 506 g/mol. The van der Waals surface area contributed by atoms with Gasteiger partial charge < -0.3 is 19.1 Å². The molecule has 0 radical (unpaired) electrons. The molecule has 1 aliphatic carbocycles. The number of amides is 2. The van der Waals surface area contributed by atoms with Gasteiger partial charge in [-0.2, -0.15) is 0 Å². The highest BCUT2D eigenvalue weighted by Gasteiger charge is 2.28. The molecule has 0 unspecified atom stereocenters. The molecule has 1 aromatic carbocycles. The van der Waals surface area contributed by atoms with E-state index in [0.717, 1.165) is 55.2 Å². The molecule has 6 nitrogen and oxygen atoms in total. The molecular formula is C28H40BrN3O3. The SMILES string of the molecule is CCCC(=O)N(CCCOC)CC(=O)N(Cc1cccn1Cc1ccc(Br)cc1)C1CCCCC1. The molecule has 3 rings (SSSR count). The average molecular weight is 547 g/mol. The van der Waals surface area contributed by atoms with Crippen molar-refractivity contribution < 1.29 is 14.3 Å². The van der Waals surface area contributed by atoms with Crippen molar-refractivity contribution in [2.24, 2.45) is 0 Å². The summed E-state index contributed by atoms with van der Waals surface area (Å²) < 4.78 is 8.47. The number of carbonyl (C=O) groups excluding carboxylic acids is 2. The van der Waals surface area contributed by atoms with Crippen LogP contribution < -0.4 is 0 Å². The Bertz CT molecular complexity index is 922. The van der Waals surface area contributed by atoms with Crippen molar-refractivity contribution in [3.05, 3.63) is 58.3 Å². The molecule has 192 valence electrons. The number of rotatable bonds is 13.